The molecule has 0 saturated carbocycles. The topological polar surface area (TPSA) is 110 Å². The Morgan fingerprint density at radius 3 is 2.29 bits per heavy atom. The van der Waals surface area contributed by atoms with Crippen LogP contribution in [0.5, 0.6) is 0 Å². The first kappa shape index (κ1) is 25.9. The van der Waals surface area contributed by atoms with Crippen LogP contribution in [0, 0.1) is 5.92 Å². The summed E-state index contributed by atoms with van der Waals surface area (Å²) >= 11 is 0. The number of carboxylic acid groups (broad SMARTS) is 1. The van der Waals surface area contributed by atoms with E-state index in [1.54, 1.807) is 6.20 Å². The average molecular weight is 516 g/mol. The number of nitrogens with zero attached hydrogens (tertiary/aromatic N) is 1. The van der Waals surface area contributed by atoms with Crippen molar-refractivity contribution in [2.75, 3.05) is 18.5 Å². The van der Waals surface area contributed by atoms with E-state index in [1.807, 2.05) is 60.7 Å². The minimum Gasteiger partial charge on any atom is -0.465 e. The Kier molecular flexibility index (Phi) is 7.44. The van der Waals surface area contributed by atoms with Gasteiger partial charge in [0.25, 0.3) is 0 Å². The average Bonchev–Trinajstić information content (AvgIpc) is 2.86. The summed E-state index contributed by atoms with van der Waals surface area (Å²) in [5.74, 6) is 0.279. The number of amides is 2. The third-order valence-electron chi connectivity index (χ3n) is 7.28. The molecule has 3 atom stereocenters. The minimum absolute atomic E-state index is 0.0202. The molecule has 8 nitrogen and oxygen atoms in total. The standard InChI is InChI=1S/C30H33N3O5/c1-19-12-21(13-20(2)38-19)14-27(34)32-25-15-26(22-6-4-3-5-7-22)28(31-16-25)23-8-10-24(11-9-23)30(17-37-18-30)33-29(35)36/h3-11,15-16,19-21,33H,12-14,17-18H2,1-2H3,(H,32,34)(H,35,36)/t19-,20+,21?. The Hall–Kier alpha value is -3.75. The lowest BCUT2D eigenvalue weighted by molar-refractivity contribution is -0.119. The second kappa shape index (κ2) is 10.9. The van der Waals surface area contributed by atoms with Gasteiger partial charge in [0.1, 0.15) is 5.54 Å². The summed E-state index contributed by atoms with van der Waals surface area (Å²) in [6.45, 7) is 4.72. The lowest BCUT2D eigenvalue weighted by Crippen LogP contribution is -2.59. The third kappa shape index (κ3) is 5.71. The molecular formula is C30H33N3O5. The van der Waals surface area contributed by atoms with E-state index >= 15 is 0 Å². The Labute approximate surface area is 222 Å². The predicted octanol–water partition coefficient (Wildman–Crippen LogP) is 5.44. The zero-order valence-corrected chi connectivity index (χ0v) is 21.6. The van der Waals surface area contributed by atoms with Gasteiger partial charge >= 0.3 is 6.09 Å². The first-order valence-electron chi connectivity index (χ1n) is 13.0. The highest BCUT2D eigenvalue weighted by atomic mass is 16.5. The lowest BCUT2D eigenvalue weighted by atomic mass is 9.87. The van der Waals surface area contributed by atoms with Gasteiger partial charge in [-0.3, -0.25) is 9.78 Å². The van der Waals surface area contributed by atoms with Crippen molar-refractivity contribution >= 4 is 17.7 Å². The van der Waals surface area contributed by atoms with Crippen molar-refractivity contribution in [3.05, 3.63) is 72.4 Å². The van der Waals surface area contributed by atoms with E-state index in [4.69, 9.17) is 14.5 Å². The van der Waals surface area contributed by atoms with Gasteiger partial charge in [0.2, 0.25) is 5.91 Å². The SMILES string of the molecule is C[C@@H]1CC(CC(=O)Nc2cnc(-c3ccc(C4(NC(=O)O)COC4)cc3)c(-c3ccccc3)c2)C[C@H](C)O1. The summed E-state index contributed by atoms with van der Waals surface area (Å²) in [7, 11) is 0. The number of benzene rings is 2. The molecule has 2 aliphatic rings. The van der Waals surface area contributed by atoms with Crippen molar-refractivity contribution < 1.29 is 24.2 Å². The van der Waals surface area contributed by atoms with E-state index in [-0.39, 0.29) is 18.1 Å². The molecule has 0 bridgehead atoms. The Morgan fingerprint density at radius 2 is 1.68 bits per heavy atom. The summed E-state index contributed by atoms with van der Waals surface area (Å²) < 4.78 is 11.1. The van der Waals surface area contributed by atoms with Crippen molar-refractivity contribution in [3.8, 4) is 22.4 Å². The van der Waals surface area contributed by atoms with Crippen molar-refractivity contribution in [2.45, 2.75) is 50.9 Å². The number of hydrogen-bond acceptors (Lipinski definition) is 5. The maximum absolute atomic E-state index is 12.9. The van der Waals surface area contributed by atoms with Crippen molar-refractivity contribution in [1.29, 1.82) is 0 Å². The summed E-state index contributed by atoms with van der Waals surface area (Å²) in [6.07, 6.45) is 3.17. The molecule has 38 heavy (non-hydrogen) atoms. The van der Waals surface area contributed by atoms with Gasteiger partial charge in [0.05, 0.1) is 43.0 Å². The van der Waals surface area contributed by atoms with Crippen LogP contribution in [0.3, 0.4) is 0 Å². The van der Waals surface area contributed by atoms with Crippen LogP contribution >= 0.6 is 0 Å². The normalized spacial score (nSPS) is 22.2. The molecule has 198 valence electrons. The molecule has 1 unspecified atom stereocenters. The maximum atomic E-state index is 12.9. The van der Waals surface area contributed by atoms with Gasteiger partial charge in [-0.1, -0.05) is 54.6 Å². The van der Waals surface area contributed by atoms with Gasteiger partial charge in [-0.05, 0) is 49.8 Å². The fourth-order valence-electron chi connectivity index (χ4n) is 5.55. The first-order valence-corrected chi connectivity index (χ1v) is 13.0. The van der Waals surface area contributed by atoms with Gasteiger partial charge in [0.15, 0.2) is 0 Å². The van der Waals surface area contributed by atoms with E-state index < -0.39 is 11.6 Å². The zero-order chi connectivity index (χ0) is 26.7. The molecule has 0 radical (unpaired) electrons. The molecule has 8 heteroatoms. The van der Waals surface area contributed by atoms with Crippen LogP contribution in [0.2, 0.25) is 0 Å². The molecule has 0 aliphatic carbocycles. The molecular weight excluding hydrogens is 482 g/mol. The largest absolute Gasteiger partial charge is 0.465 e. The van der Waals surface area contributed by atoms with E-state index in [0.717, 1.165) is 40.8 Å². The van der Waals surface area contributed by atoms with Gasteiger partial charge in [-0.15, -0.1) is 0 Å². The number of ether oxygens (including phenoxy) is 2. The van der Waals surface area contributed by atoms with E-state index in [1.165, 1.54) is 0 Å². The van der Waals surface area contributed by atoms with Crippen molar-refractivity contribution in [2.24, 2.45) is 5.92 Å². The summed E-state index contributed by atoms with van der Waals surface area (Å²) in [6, 6.07) is 19.6. The molecule has 2 saturated heterocycles. The highest BCUT2D eigenvalue weighted by molar-refractivity contribution is 5.93. The number of anilines is 1. The number of pyridine rings is 1. The monoisotopic (exact) mass is 515 g/mol. The minimum atomic E-state index is -1.08. The molecule has 2 aromatic carbocycles. The molecule has 5 rings (SSSR count). The van der Waals surface area contributed by atoms with Crippen LogP contribution in [-0.2, 0) is 19.8 Å². The van der Waals surface area contributed by atoms with Crippen LogP contribution in [0.25, 0.3) is 22.4 Å². The Morgan fingerprint density at radius 1 is 1.00 bits per heavy atom. The summed E-state index contributed by atoms with van der Waals surface area (Å²) in [4.78, 5) is 29.0. The summed E-state index contributed by atoms with van der Waals surface area (Å²) in [5, 5.41) is 14.9. The van der Waals surface area contributed by atoms with E-state index in [9.17, 15) is 14.7 Å². The number of aromatic nitrogens is 1. The molecule has 2 amide bonds. The van der Waals surface area contributed by atoms with Crippen LogP contribution in [-0.4, -0.2) is 47.5 Å². The molecule has 1 aromatic heterocycles. The van der Waals surface area contributed by atoms with Crippen molar-refractivity contribution in [3.63, 3.8) is 0 Å². The molecule has 3 aromatic rings. The molecule has 2 aliphatic heterocycles. The third-order valence-corrected chi connectivity index (χ3v) is 7.28. The van der Waals surface area contributed by atoms with Gasteiger partial charge in [-0.25, -0.2) is 4.79 Å². The highest BCUT2D eigenvalue weighted by Crippen LogP contribution is 2.35. The highest BCUT2D eigenvalue weighted by Gasteiger charge is 2.42. The number of nitrogens with one attached hydrogen (secondary N) is 2. The van der Waals surface area contributed by atoms with E-state index in [2.05, 4.69) is 24.5 Å². The maximum Gasteiger partial charge on any atom is 0.405 e. The molecule has 3 N–H and O–H groups in total. The van der Waals surface area contributed by atoms with Gasteiger partial charge in [0, 0.05) is 17.5 Å². The first-order chi connectivity index (χ1) is 18.3. The van der Waals surface area contributed by atoms with Gasteiger partial charge < -0.3 is 25.2 Å². The van der Waals surface area contributed by atoms with Crippen LogP contribution < -0.4 is 10.6 Å². The van der Waals surface area contributed by atoms with Crippen molar-refractivity contribution in [1.82, 2.24) is 10.3 Å². The quantitative estimate of drug-likeness (QED) is 0.387. The Balaban J connectivity index is 1.39. The number of carbonyl (C=O) groups excluding carboxylic acids is 1. The lowest BCUT2D eigenvalue weighted by Gasteiger charge is -2.41. The number of hydrogen-bond donors (Lipinski definition) is 3. The number of carbonyl (C=O) groups is 2. The second-order valence-corrected chi connectivity index (χ2v) is 10.4. The second-order valence-electron chi connectivity index (χ2n) is 10.4. The van der Waals surface area contributed by atoms with Crippen LogP contribution in [0.15, 0.2) is 66.9 Å². The molecule has 3 heterocycles. The Bertz CT molecular complexity index is 1280. The zero-order valence-electron chi connectivity index (χ0n) is 21.6. The smallest absolute Gasteiger partial charge is 0.405 e. The number of rotatable bonds is 7. The van der Waals surface area contributed by atoms with Crippen LogP contribution in [0.1, 0.15) is 38.7 Å². The fraction of sp³-hybridized carbons (Fsp3) is 0.367. The predicted molar refractivity (Wildman–Crippen MR) is 145 cm³/mol. The van der Waals surface area contributed by atoms with Crippen LogP contribution in [0.4, 0.5) is 10.5 Å². The summed E-state index contributed by atoms with van der Waals surface area (Å²) in [5.41, 5.74) is 4.32. The van der Waals surface area contributed by atoms with E-state index in [0.29, 0.717) is 31.2 Å². The molecule has 2 fully saturated rings. The molecule has 0 spiro atoms. The fourth-order valence-corrected chi connectivity index (χ4v) is 5.55. The van der Waals surface area contributed by atoms with Gasteiger partial charge in [-0.2, -0.15) is 0 Å².